The molecule has 3 rings (SSSR count). The highest BCUT2D eigenvalue weighted by atomic mass is 16.6. The third kappa shape index (κ3) is 3.00. The average Bonchev–Trinajstić information content (AvgIpc) is 2.94. The lowest BCUT2D eigenvalue weighted by Crippen LogP contribution is -2.39. The van der Waals surface area contributed by atoms with E-state index >= 15 is 0 Å². The zero-order valence-electron chi connectivity index (χ0n) is 12.7. The molecule has 0 spiro atoms. The first-order chi connectivity index (χ1) is 10.1. The predicted octanol–water partition coefficient (Wildman–Crippen LogP) is 2.02. The molecule has 1 amide bonds. The van der Waals surface area contributed by atoms with Gasteiger partial charge >= 0.3 is 6.09 Å². The monoisotopic (exact) mass is 290 g/mol. The molecule has 0 aromatic carbocycles. The Hall–Kier alpha value is -1.69. The molecule has 2 fully saturated rings. The first kappa shape index (κ1) is 14.3. The van der Waals surface area contributed by atoms with E-state index in [1.165, 1.54) is 6.42 Å². The Morgan fingerprint density at radius 1 is 1.33 bits per heavy atom. The number of nitrogens with zero attached hydrogens (tertiary/aromatic N) is 4. The van der Waals surface area contributed by atoms with Crippen LogP contribution in [0.4, 0.5) is 10.6 Å². The van der Waals surface area contributed by atoms with Gasteiger partial charge in [-0.15, -0.1) is 0 Å². The molecule has 6 nitrogen and oxygen atoms in total. The zero-order chi connectivity index (χ0) is 14.8. The van der Waals surface area contributed by atoms with E-state index in [0.29, 0.717) is 30.9 Å². The summed E-state index contributed by atoms with van der Waals surface area (Å²) in [4.78, 5) is 24.6. The molecule has 1 aromatic heterocycles. The second kappa shape index (κ2) is 5.97. The van der Waals surface area contributed by atoms with E-state index in [4.69, 9.17) is 4.74 Å². The minimum atomic E-state index is -0.325. The van der Waals surface area contributed by atoms with Crippen molar-refractivity contribution < 1.29 is 9.53 Å². The molecule has 0 saturated carbocycles. The van der Waals surface area contributed by atoms with Crippen LogP contribution in [0, 0.1) is 0 Å². The minimum Gasteiger partial charge on any atom is -0.447 e. The second-order valence-corrected chi connectivity index (χ2v) is 6.00. The zero-order valence-corrected chi connectivity index (χ0v) is 12.7. The first-order valence-electron chi connectivity index (χ1n) is 7.65. The summed E-state index contributed by atoms with van der Waals surface area (Å²) in [5, 5.41) is 0. The Kier molecular flexibility index (Phi) is 4.05. The fourth-order valence-electron chi connectivity index (χ4n) is 3.02. The maximum absolute atomic E-state index is 11.6. The lowest BCUT2D eigenvalue weighted by molar-refractivity contribution is 0.166. The van der Waals surface area contributed by atoms with Crippen molar-refractivity contribution in [2.75, 3.05) is 31.1 Å². The smallest absolute Gasteiger partial charge is 0.415 e. The van der Waals surface area contributed by atoms with Gasteiger partial charge in [-0.05, 0) is 33.2 Å². The van der Waals surface area contributed by atoms with Crippen molar-refractivity contribution >= 4 is 11.9 Å². The van der Waals surface area contributed by atoms with Gasteiger partial charge in [0.25, 0.3) is 0 Å². The van der Waals surface area contributed by atoms with Crippen LogP contribution in [0.2, 0.25) is 0 Å². The lowest BCUT2D eigenvalue weighted by atomic mass is 9.94. The van der Waals surface area contributed by atoms with E-state index in [9.17, 15) is 4.79 Å². The molecule has 0 bridgehead atoms. The van der Waals surface area contributed by atoms with Gasteiger partial charge in [-0.25, -0.2) is 9.78 Å². The molecule has 3 heterocycles. The molecule has 2 aliphatic rings. The van der Waals surface area contributed by atoms with Crippen molar-refractivity contribution in [2.45, 2.75) is 38.6 Å². The standard InChI is InChI=1S/C15H22N4O2/c1-11(2)18-5-3-4-12(10-18)13-8-16-9-14(17-13)19-6-7-21-15(19)20/h8-9,11-12H,3-7,10H2,1-2H3/t12-/m1/s1. The van der Waals surface area contributed by atoms with Gasteiger partial charge in [-0.3, -0.25) is 9.88 Å². The van der Waals surface area contributed by atoms with Gasteiger partial charge in [0, 0.05) is 24.7 Å². The molecule has 6 heteroatoms. The Balaban J connectivity index is 1.77. The number of ether oxygens (including phenoxy) is 1. The van der Waals surface area contributed by atoms with Crippen molar-refractivity contribution in [2.24, 2.45) is 0 Å². The fraction of sp³-hybridized carbons (Fsp3) is 0.667. The third-order valence-electron chi connectivity index (χ3n) is 4.28. The van der Waals surface area contributed by atoms with Crippen LogP contribution < -0.4 is 4.90 Å². The maximum atomic E-state index is 11.6. The highest BCUT2D eigenvalue weighted by Crippen LogP contribution is 2.27. The molecule has 0 unspecified atom stereocenters. The molecule has 2 aliphatic heterocycles. The van der Waals surface area contributed by atoms with Crippen LogP contribution in [-0.4, -0.2) is 53.2 Å². The maximum Gasteiger partial charge on any atom is 0.415 e. The Labute approximate surface area is 125 Å². The number of carbonyl (C=O) groups is 1. The van der Waals surface area contributed by atoms with Crippen molar-refractivity contribution in [1.82, 2.24) is 14.9 Å². The molecule has 0 radical (unpaired) electrons. The average molecular weight is 290 g/mol. The van der Waals surface area contributed by atoms with Gasteiger partial charge in [-0.1, -0.05) is 0 Å². The first-order valence-corrected chi connectivity index (χ1v) is 7.65. The van der Waals surface area contributed by atoms with E-state index < -0.39 is 0 Å². The van der Waals surface area contributed by atoms with Gasteiger partial charge < -0.3 is 9.64 Å². The van der Waals surface area contributed by atoms with Crippen molar-refractivity contribution in [3.63, 3.8) is 0 Å². The van der Waals surface area contributed by atoms with Gasteiger partial charge in [0.2, 0.25) is 0 Å². The number of amides is 1. The largest absolute Gasteiger partial charge is 0.447 e. The van der Waals surface area contributed by atoms with E-state index in [-0.39, 0.29) is 6.09 Å². The summed E-state index contributed by atoms with van der Waals surface area (Å²) in [6.45, 7) is 7.60. The predicted molar refractivity (Wildman–Crippen MR) is 79.4 cm³/mol. The number of piperidine rings is 1. The molecule has 21 heavy (non-hydrogen) atoms. The van der Waals surface area contributed by atoms with E-state index in [1.54, 1.807) is 11.1 Å². The summed E-state index contributed by atoms with van der Waals surface area (Å²) in [6, 6.07) is 0.553. The normalized spacial score (nSPS) is 23.7. The van der Waals surface area contributed by atoms with Crippen molar-refractivity contribution in [3.8, 4) is 0 Å². The van der Waals surface area contributed by atoms with Gasteiger partial charge in [0.15, 0.2) is 5.82 Å². The number of carbonyl (C=O) groups excluding carboxylic acids is 1. The Bertz CT molecular complexity index is 520. The van der Waals surface area contributed by atoms with Crippen LogP contribution in [0.25, 0.3) is 0 Å². The molecule has 0 N–H and O–H groups in total. The van der Waals surface area contributed by atoms with Crippen LogP contribution in [-0.2, 0) is 4.74 Å². The summed E-state index contributed by atoms with van der Waals surface area (Å²) in [5.74, 6) is 1.00. The molecule has 1 atom stereocenters. The van der Waals surface area contributed by atoms with Gasteiger partial charge in [-0.2, -0.15) is 0 Å². The lowest BCUT2D eigenvalue weighted by Gasteiger charge is -2.35. The highest BCUT2D eigenvalue weighted by Gasteiger charge is 2.28. The van der Waals surface area contributed by atoms with Crippen LogP contribution in [0.5, 0.6) is 0 Å². The summed E-state index contributed by atoms with van der Waals surface area (Å²) >= 11 is 0. The molecule has 1 aromatic rings. The SMILES string of the molecule is CC(C)N1CCC[C@@H](c2cncc(N3CCOC3=O)n2)C1. The number of likely N-dealkylation sites (tertiary alicyclic amines) is 1. The van der Waals surface area contributed by atoms with Crippen LogP contribution >= 0.6 is 0 Å². The third-order valence-corrected chi connectivity index (χ3v) is 4.28. The summed E-state index contributed by atoms with van der Waals surface area (Å²) in [5.41, 5.74) is 0.984. The molecule has 2 saturated heterocycles. The fourth-order valence-corrected chi connectivity index (χ4v) is 3.02. The number of hydrogen-bond donors (Lipinski definition) is 0. The van der Waals surface area contributed by atoms with Gasteiger partial charge in [0.05, 0.1) is 18.4 Å². The minimum absolute atomic E-state index is 0.325. The summed E-state index contributed by atoms with van der Waals surface area (Å²) in [6.07, 6.45) is 5.46. The van der Waals surface area contributed by atoms with E-state index in [2.05, 4.69) is 28.7 Å². The second-order valence-electron chi connectivity index (χ2n) is 6.00. The molecular weight excluding hydrogens is 268 g/mol. The Morgan fingerprint density at radius 3 is 2.90 bits per heavy atom. The number of cyclic esters (lactones) is 1. The number of aromatic nitrogens is 2. The van der Waals surface area contributed by atoms with Crippen molar-refractivity contribution in [1.29, 1.82) is 0 Å². The van der Waals surface area contributed by atoms with Gasteiger partial charge in [0.1, 0.15) is 6.61 Å². The van der Waals surface area contributed by atoms with Crippen LogP contribution in [0.15, 0.2) is 12.4 Å². The summed E-state index contributed by atoms with van der Waals surface area (Å²) in [7, 11) is 0. The topological polar surface area (TPSA) is 58.6 Å². The van der Waals surface area contributed by atoms with Crippen LogP contribution in [0.3, 0.4) is 0 Å². The summed E-state index contributed by atoms with van der Waals surface area (Å²) < 4.78 is 4.96. The Morgan fingerprint density at radius 2 is 2.19 bits per heavy atom. The quantitative estimate of drug-likeness (QED) is 0.852. The van der Waals surface area contributed by atoms with E-state index in [1.807, 2.05) is 6.20 Å². The molecule has 0 aliphatic carbocycles. The number of hydrogen-bond acceptors (Lipinski definition) is 5. The highest BCUT2D eigenvalue weighted by molar-refractivity contribution is 5.87. The molecular formula is C15H22N4O2. The van der Waals surface area contributed by atoms with E-state index in [0.717, 1.165) is 25.2 Å². The van der Waals surface area contributed by atoms with Crippen LogP contribution in [0.1, 0.15) is 38.3 Å². The van der Waals surface area contributed by atoms with Crippen molar-refractivity contribution in [3.05, 3.63) is 18.1 Å². The number of rotatable bonds is 3. The number of anilines is 1. The molecule has 114 valence electrons.